The van der Waals surface area contributed by atoms with Crippen LogP contribution in [-0.2, 0) is 9.53 Å². The highest BCUT2D eigenvalue weighted by Gasteiger charge is 2.21. The van der Waals surface area contributed by atoms with Crippen LogP contribution in [0.4, 0.5) is 0 Å². The monoisotopic (exact) mass is 174 g/mol. The van der Waals surface area contributed by atoms with E-state index in [4.69, 9.17) is 5.73 Å². The Morgan fingerprint density at radius 1 is 1.58 bits per heavy atom. The van der Waals surface area contributed by atoms with Crippen LogP contribution in [0.25, 0.3) is 0 Å². The molecule has 0 saturated carbocycles. The van der Waals surface area contributed by atoms with Crippen molar-refractivity contribution in [2.24, 2.45) is 11.7 Å². The maximum atomic E-state index is 11.0. The Morgan fingerprint density at radius 2 is 2.08 bits per heavy atom. The second-order valence-electron chi connectivity index (χ2n) is 3.29. The first-order chi connectivity index (χ1) is 5.49. The van der Waals surface area contributed by atoms with Gasteiger partial charge in [-0.1, -0.05) is 6.92 Å². The maximum Gasteiger partial charge on any atom is 0.322 e. The lowest BCUT2D eigenvalue weighted by atomic mass is 10.0. The fraction of sp³-hybridized carbons (Fsp3) is 0.875. The molecule has 2 unspecified atom stereocenters. The van der Waals surface area contributed by atoms with Crippen molar-refractivity contribution in [2.45, 2.75) is 13.0 Å². The normalized spacial score (nSPS) is 15.8. The predicted octanol–water partition coefficient (Wildman–Crippen LogP) is -0.316. The molecule has 0 radical (unpaired) electrons. The van der Waals surface area contributed by atoms with Gasteiger partial charge in [0.1, 0.15) is 6.04 Å². The number of carbonyl (C=O) groups is 1. The maximum absolute atomic E-state index is 11.0. The summed E-state index contributed by atoms with van der Waals surface area (Å²) in [6.45, 7) is 2.72. The van der Waals surface area contributed by atoms with Crippen LogP contribution < -0.4 is 5.73 Å². The number of esters is 1. The van der Waals surface area contributed by atoms with Crippen LogP contribution in [0.5, 0.6) is 0 Å². The van der Waals surface area contributed by atoms with Crippen LogP contribution in [0.2, 0.25) is 0 Å². The van der Waals surface area contributed by atoms with Crippen molar-refractivity contribution >= 4 is 5.97 Å². The Bertz CT molecular complexity index is 148. The van der Waals surface area contributed by atoms with Gasteiger partial charge in [0.25, 0.3) is 0 Å². The zero-order valence-electron chi connectivity index (χ0n) is 8.20. The Hall–Kier alpha value is -0.610. The molecule has 0 bridgehead atoms. The van der Waals surface area contributed by atoms with E-state index in [1.54, 1.807) is 0 Å². The minimum atomic E-state index is -0.516. The predicted molar refractivity (Wildman–Crippen MR) is 47.7 cm³/mol. The summed E-state index contributed by atoms with van der Waals surface area (Å²) < 4.78 is 4.53. The summed E-state index contributed by atoms with van der Waals surface area (Å²) in [7, 11) is 5.24. The molecule has 0 heterocycles. The van der Waals surface area contributed by atoms with Crippen molar-refractivity contribution < 1.29 is 9.53 Å². The van der Waals surface area contributed by atoms with E-state index in [1.165, 1.54) is 7.11 Å². The molecule has 0 saturated heterocycles. The lowest BCUT2D eigenvalue weighted by Crippen LogP contribution is -2.41. The van der Waals surface area contributed by atoms with Crippen LogP contribution in [0.1, 0.15) is 6.92 Å². The molecular formula is C8H18N2O2. The van der Waals surface area contributed by atoms with E-state index in [-0.39, 0.29) is 11.9 Å². The topological polar surface area (TPSA) is 55.6 Å². The Morgan fingerprint density at radius 3 is 2.42 bits per heavy atom. The van der Waals surface area contributed by atoms with Crippen molar-refractivity contribution in [1.82, 2.24) is 4.90 Å². The van der Waals surface area contributed by atoms with Crippen LogP contribution >= 0.6 is 0 Å². The second-order valence-corrected chi connectivity index (χ2v) is 3.29. The van der Waals surface area contributed by atoms with E-state index in [2.05, 4.69) is 4.74 Å². The summed E-state index contributed by atoms with van der Waals surface area (Å²) in [6.07, 6.45) is 0. The molecule has 0 aliphatic heterocycles. The summed E-state index contributed by atoms with van der Waals surface area (Å²) in [5.41, 5.74) is 5.62. The number of nitrogens with zero attached hydrogens (tertiary/aromatic N) is 1. The average molecular weight is 174 g/mol. The van der Waals surface area contributed by atoms with Gasteiger partial charge < -0.3 is 15.4 Å². The SMILES string of the molecule is COC(=O)C(N)C(C)CN(C)C. The van der Waals surface area contributed by atoms with Gasteiger partial charge in [0, 0.05) is 6.54 Å². The standard InChI is InChI=1S/C8H18N2O2/c1-6(5-10(2)3)7(9)8(11)12-4/h6-7H,5,9H2,1-4H3. The third kappa shape index (κ3) is 3.69. The lowest BCUT2D eigenvalue weighted by molar-refractivity contribution is -0.143. The summed E-state index contributed by atoms with van der Waals surface area (Å²) in [4.78, 5) is 13.0. The van der Waals surface area contributed by atoms with Gasteiger partial charge in [0.15, 0.2) is 0 Å². The molecule has 4 nitrogen and oxygen atoms in total. The highest BCUT2D eigenvalue weighted by molar-refractivity contribution is 5.75. The van der Waals surface area contributed by atoms with E-state index in [1.807, 2.05) is 25.9 Å². The zero-order chi connectivity index (χ0) is 9.72. The molecule has 12 heavy (non-hydrogen) atoms. The summed E-state index contributed by atoms with van der Waals surface area (Å²) in [5, 5.41) is 0. The quantitative estimate of drug-likeness (QED) is 0.594. The van der Waals surface area contributed by atoms with Crippen molar-refractivity contribution in [1.29, 1.82) is 0 Å². The molecule has 2 N–H and O–H groups in total. The highest BCUT2D eigenvalue weighted by atomic mass is 16.5. The van der Waals surface area contributed by atoms with Crippen molar-refractivity contribution in [3.8, 4) is 0 Å². The van der Waals surface area contributed by atoms with Gasteiger partial charge in [-0.15, -0.1) is 0 Å². The van der Waals surface area contributed by atoms with Gasteiger partial charge in [0.05, 0.1) is 7.11 Å². The Balaban J connectivity index is 3.91. The third-order valence-corrected chi connectivity index (χ3v) is 1.74. The number of hydrogen-bond donors (Lipinski definition) is 1. The molecule has 0 aliphatic carbocycles. The smallest absolute Gasteiger partial charge is 0.322 e. The molecular weight excluding hydrogens is 156 g/mol. The third-order valence-electron chi connectivity index (χ3n) is 1.74. The first-order valence-corrected chi connectivity index (χ1v) is 3.97. The first kappa shape index (κ1) is 11.4. The van der Waals surface area contributed by atoms with E-state index < -0.39 is 6.04 Å². The van der Waals surface area contributed by atoms with Gasteiger partial charge in [0.2, 0.25) is 0 Å². The number of ether oxygens (including phenoxy) is 1. The summed E-state index contributed by atoms with van der Waals surface area (Å²) >= 11 is 0. The van der Waals surface area contributed by atoms with Gasteiger partial charge in [-0.2, -0.15) is 0 Å². The number of rotatable bonds is 4. The van der Waals surface area contributed by atoms with E-state index in [9.17, 15) is 4.79 Å². The molecule has 0 aliphatic rings. The molecule has 0 aromatic carbocycles. The zero-order valence-corrected chi connectivity index (χ0v) is 8.20. The molecule has 0 amide bonds. The first-order valence-electron chi connectivity index (χ1n) is 3.97. The Kier molecular flexibility index (Phi) is 4.85. The fourth-order valence-electron chi connectivity index (χ4n) is 1.06. The van der Waals surface area contributed by atoms with Crippen molar-refractivity contribution in [2.75, 3.05) is 27.7 Å². The van der Waals surface area contributed by atoms with Crippen LogP contribution in [0.3, 0.4) is 0 Å². The summed E-state index contributed by atoms with van der Waals surface area (Å²) in [6, 6.07) is -0.516. The van der Waals surface area contributed by atoms with E-state index in [0.717, 1.165) is 6.54 Å². The number of carbonyl (C=O) groups excluding carboxylic acids is 1. The van der Waals surface area contributed by atoms with Crippen LogP contribution in [0, 0.1) is 5.92 Å². The molecule has 0 fully saturated rings. The van der Waals surface area contributed by atoms with E-state index in [0.29, 0.717) is 0 Å². The van der Waals surface area contributed by atoms with Gasteiger partial charge in [-0.3, -0.25) is 4.79 Å². The number of methoxy groups -OCH3 is 1. The second kappa shape index (κ2) is 5.11. The van der Waals surface area contributed by atoms with Gasteiger partial charge in [-0.05, 0) is 20.0 Å². The molecule has 0 rings (SSSR count). The number of hydrogen-bond acceptors (Lipinski definition) is 4. The average Bonchev–Trinajstić information content (AvgIpc) is 2.00. The van der Waals surface area contributed by atoms with Crippen LogP contribution in [-0.4, -0.2) is 44.7 Å². The van der Waals surface area contributed by atoms with Gasteiger partial charge in [-0.25, -0.2) is 0 Å². The fourth-order valence-corrected chi connectivity index (χ4v) is 1.06. The largest absolute Gasteiger partial charge is 0.468 e. The highest BCUT2D eigenvalue weighted by Crippen LogP contribution is 2.02. The molecule has 4 heteroatoms. The number of nitrogens with two attached hydrogens (primary N) is 1. The minimum Gasteiger partial charge on any atom is -0.468 e. The molecule has 2 atom stereocenters. The lowest BCUT2D eigenvalue weighted by Gasteiger charge is -2.20. The minimum absolute atomic E-state index is 0.118. The molecule has 0 aromatic rings. The molecule has 0 aromatic heterocycles. The van der Waals surface area contributed by atoms with Crippen molar-refractivity contribution in [3.63, 3.8) is 0 Å². The molecule has 72 valence electrons. The Labute approximate surface area is 73.7 Å². The summed E-state index contributed by atoms with van der Waals surface area (Å²) in [5.74, 6) is -0.225. The molecule has 0 spiro atoms. The van der Waals surface area contributed by atoms with Gasteiger partial charge >= 0.3 is 5.97 Å². The van der Waals surface area contributed by atoms with Crippen LogP contribution in [0.15, 0.2) is 0 Å². The van der Waals surface area contributed by atoms with E-state index >= 15 is 0 Å². The van der Waals surface area contributed by atoms with Crippen molar-refractivity contribution in [3.05, 3.63) is 0 Å².